The average molecular weight is 546 g/mol. The molecule has 206 valence electrons. The lowest BCUT2D eigenvalue weighted by Crippen LogP contribution is -2.54. The number of nitrogens with one attached hydrogen (secondary N) is 6. The van der Waals surface area contributed by atoms with Gasteiger partial charge in [-0.05, 0) is 12.8 Å². The lowest BCUT2D eigenvalue weighted by atomic mass is 10.1. The average Bonchev–Trinajstić information content (AvgIpc) is 2.83. The van der Waals surface area contributed by atoms with E-state index in [9.17, 15) is 38.7 Å². The fourth-order valence-electron chi connectivity index (χ4n) is 2.92. The molecule has 18 heteroatoms. The molecule has 0 bridgehead atoms. The Hall–Kier alpha value is -4.09. The predicted octanol–water partition coefficient (Wildman–Crippen LogP) is -5.74. The van der Waals surface area contributed by atoms with Crippen molar-refractivity contribution in [3.05, 3.63) is 0 Å². The highest BCUT2D eigenvalue weighted by Crippen LogP contribution is 2.00. The summed E-state index contributed by atoms with van der Waals surface area (Å²) >= 11 is 3.98. The minimum atomic E-state index is -1.65. The maximum Gasteiger partial charge on any atom is 0.326 e. The molecular weight excluding hydrogens is 514 g/mol. The Bertz CT molecular complexity index is 925. The molecule has 37 heavy (non-hydrogen) atoms. The van der Waals surface area contributed by atoms with Crippen molar-refractivity contribution in [2.24, 2.45) is 16.5 Å². The first-order chi connectivity index (χ1) is 17.4. The van der Waals surface area contributed by atoms with Crippen molar-refractivity contribution in [1.82, 2.24) is 31.9 Å². The first-order valence-electron chi connectivity index (χ1n) is 11.0. The van der Waals surface area contributed by atoms with Crippen LogP contribution >= 0.6 is 12.6 Å². The second-order valence-corrected chi connectivity index (χ2v) is 8.11. The van der Waals surface area contributed by atoms with Crippen LogP contribution in [0.5, 0.6) is 0 Å². The summed E-state index contributed by atoms with van der Waals surface area (Å²) in [6, 6.07) is -3.97. The van der Waals surface area contributed by atoms with Crippen LogP contribution in [-0.2, 0) is 33.6 Å². The van der Waals surface area contributed by atoms with Gasteiger partial charge in [-0.15, -0.1) is 0 Å². The number of guanidine groups is 1. The number of hydrogen-bond acceptors (Lipinski definition) is 9. The highest BCUT2D eigenvalue weighted by molar-refractivity contribution is 7.80. The number of thiol groups is 1. The van der Waals surface area contributed by atoms with Crippen LogP contribution < -0.4 is 43.4 Å². The van der Waals surface area contributed by atoms with Crippen LogP contribution in [0.15, 0.2) is 4.99 Å². The molecular formula is C19H31N9O8S. The van der Waals surface area contributed by atoms with Crippen LogP contribution in [0, 0.1) is 0 Å². The minimum absolute atomic E-state index is 0.0682. The van der Waals surface area contributed by atoms with Gasteiger partial charge in [0, 0.05) is 12.3 Å². The molecule has 0 spiro atoms. The summed E-state index contributed by atoms with van der Waals surface area (Å²) in [5.41, 5.74) is 10.5. The largest absolute Gasteiger partial charge is 0.480 e. The Morgan fingerprint density at radius 3 is 1.89 bits per heavy atom. The van der Waals surface area contributed by atoms with Gasteiger partial charge in [0.2, 0.25) is 35.4 Å². The summed E-state index contributed by atoms with van der Waals surface area (Å²) in [7, 11) is 0. The number of carboxylic acids is 1. The summed E-state index contributed by atoms with van der Waals surface area (Å²) in [6.45, 7) is -1.64. The highest BCUT2D eigenvalue weighted by atomic mass is 32.1. The van der Waals surface area contributed by atoms with Crippen molar-refractivity contribution in [2.75, 3.05) is 31.9 Å². The lowest BCUT2D eigenvalue weighted by molar-refractivity contribution is -0.143. The van der Waals surface area contributed by atoms with Crippen LogP contribution in [0.4, 0.5) is 0 Å². The fourth-order valence-corrected chi connectivity index (χ4v) is 3.18. The summed E-state index contributed by atoms with van der Waals surface area (Å²) in [5, 5.41) is 22.9. The van der Waals surface area contributed by atoms with Gasteiger partial charge >= 0.3 is 5.97 Å². The van der Waals surface area contributed by atoms with Gasteiger partial charge in [-0.2, -0.15) is 12.6 Å². The monoisotopic (exact) mass is 545 g/mol. The molecule has 1 aliphatic heterocycles. The van der Waals surface area contributed by atoms with E-state index in [1.54, 1.807) is 0 Å². The molecule has 1 heterocycles. The molecule has 0 aromatic rings. The zero-order valence-corrected chi connectivity index (χ0v) is 20.6. The van der Waals surface area contributed by atoms with Crippen molar-refractivity contribution >= 4 is 60.0 Å². The number of nitrogens with zero attached hydrogens (tertiary/aromatic N) is 1. The number of hydrogen-bond donors (Lipinski definition) is 10. The van der Waals surface area contributed by atoms with Crippen LogP contribution in [0.1, 0.15) is 19.3 Å². The van der Waals surface area contributed by atoms with Crippen LogP contribution in [-0.4, -0.2) is 103 Å². The van der Waals surface area contributed by atoms with E-state index in [-0.39, 0.29) is 31.1 Å². The predicted molar refractivity (Wildman–Crippen MR) is 131 cm³/mol. The van der Waals surface area contributed by atoms with Gasteiger partial charge < -0.3 is 48.5 Å². The van der Waals surface area contributed by atoms with Gasteiger partial charge in [-0.3, -0.25) is 33.8 Å². The third kappa shape index (κ3) is 12.4. The Morgan fingerprint density at radius 2 is 1.35 bits per heavy atom. The van der Waals surface area contributed by atoms with Crippen molar-refractivity contribution in [1.29, 1.82) is 0 Å². The molecule has 0 aliphatic carbocycles. The number of carbonyl (C=O) groups is 7. The second-order valence-electron chi connectivity index (χ2n) is 7.75. The van der Waals surface area contributed by atoms with E-state index in [1.807, 2.05) is 0 Å². The van der Waals surface area contributed by atoms with Crippen molar-refractivity contribution in [3.8, 4) is 0 Å². The third-order valence-electron chi connectivity index (χ3n) is 4.75. The molecule has 0 saturated carbocycles. The Morgan fingerprint density at radius 1 is 0.838 bits per heavy atom. The number of carbonyl (C=O) groups excluding carboxylic acids is 6. The molecule has 11 N–H and O–H groups in total. The van der Waals surface area contributed by atoms with Crippen molar-refractivity contribution in [2.45, 2.75) is 37.4 Å². The van der Waals surface area contributed by atoms with Gasteiger partial charge in [0.25, 0.3) is 0 Å². The Kier molecular flexibility index (Phi) is 13.2. The summed E-state index contributed by atoms with van der Waals surface area (Å²) in [6.07, 6.45) is -0.366. The van der Waals surface area contributed by atoms with E-state index in [0.29, 0.717) is 0 Å². The summed E-state index contributed by atoms with van der Waals surface area (Å²) in [4.78, 5) is 88.9. The first kappa shape index (κ1) is 30.9. The number of nitrogens with two attached hydrogens (primary N) is 2. The highest BCUT2D eigenvalue weighted by Gasteiger charge is 2.26. The SMILES string of the molecule is NC(N)=NCCC[C@@H]1NC(=O)CNC(=O)C[C@@H](C(=O)O)NC(=O)CNC(=O)[C@H](CS)NC(=O)CNC1=O. The summed E-state index contributed by atoms with van der Waals surface area (Å²) in [5.74, 6) is -6.69. The van der Waals surface area contributed by atoms with E-state index in [1.165, 1.54) is 0 Å². The molecule has 0 aromatic heterocycles. The number of aliphatic imine (C=N–C) groups is 1. The van der Waals surface area contributed by atoms with Gasteiger partial charge in [-0.1, -0.05) is 0 Å². The molecule has 1 saturated heterocycles. The second kappa shape index (κ2) is 15.8. The van der Waals surface area contributed by atoms with E-state index in [2.05, 4.69) is 49.5 Å². The topological polar surface area (TPSA) is 276 Å². The zero-order valence-electron chi connectivity index (χ0n) is 19.7. The molecule has 3 atom stereocenters. The van der Waals surface area contributed by atoms with Crippen LogP contribution in [0.25, 0.3) is 0 Å². The lowest BCUT2D eigenvalue weighted by Gasteiger charge is -2.19. The van der Waals surface area contributed by atoms with Gasteiger partial charge in [0.15, 0.2) is 5.96 Å². The van der Waals surface area contributed by atoms with E-state index in [0.717, 1.165) is 0 Å². The van der Waals surface area contributed by atoms with Gasteiger partial charge in [-0.25, -0.2) is 4.79 Å². The fraction of sp³-hybridized carbons (Fsp3) is 0.579. The molecule has 1 aliphatic rings. The minimum Gasteiger partial charge on any atom is -0.480 e. The van der Waals surface area contributed by atoms with E-state index >= 15 is 0 Å². The zero-order chi connectivity index (χ0) is 28.0. The first-order valence-corrected chi connectivity index (χ1v) is 11.7. The molecule has 0 aromatic carbocycles. The quantitative estimate of drug-likeness (QED) is 0.0653. The van der Waals surface area contributed by atoms with Crippen molar-refractivity contribution < 1.29 is 38.7 Å². The number of carboxylic acid groups (broad SMARTS) is 1. The smallest absolute Gasteiger partial charge is 0.326 e. The Labute approximate surface area is 216 Å². The number of rotatable bonds is 6. The molecule has 1 fully saturated rings. The van der Waals surface area contributed by atoms with Gasteiger partial charge in [0.05, 0.1) is 26.1 Å². The number of amides is 6. The van der Waals surface area contributed by atoms with Gasteiger partial charge in [0.1, 0.15) is 18.1 Å². The van der Waals surface area contributed by atoms with E-state index in [4.69, 9.17) is 11.5 Å². The number of aliphatic carboxylic acids is 1. The molecule has 6 amide bonds. The van der Waals surface area contributed by atoms with E-state index < -0.39 is 85.6 Å². The standard InChI is InChI=1S/C19H31N9O8S/c20-19(21)22-3-1-2-9-16(33)24-7-15(32)28-11(8-37)17(34)25-6-14(31)27-10(18(35)36)4-12(29)23-5-13(30)26-9/h9-11,37H,1-8H2,(H,23,29)(H,24,33)(H,25,34)(H,26,30)(H,27,31)(H,28,32)(H,35,36)(H4,20,21,22)/t9-,10-,11-/m0/s1. The maximum absolute atomic E-state index is 12.6. The molecule has 1 rings (SSSR count). The van der Waals surface area contributed by atoms with Crippen LogP contribution in [0.3, 0.4) is 0 Å². The molecule has 0 radical (unpaired) electrons. The normalized spacial score (nSPS) is 22.9. The molecule has 17 nitrogen and oxygen atoms in total. The Balaban J connectivity index is 3.04. The molecule has 0 unspecified atom stereocenters. The maximum atomic E-state index is 12.6. The van der Waals surface area contributed by atoms with Crippen molar-refractivity contribution in [3.63, 3.8) is 0 Å². The third-order valence-corrected chi connectivity index (χ3v) is 5.11. The summed E-state index contributed by atoms with van der Waals surface area (Å²) < 4.78 is 0. The van der Waals surface area contributed by atoms with Crippen LogP contribution in [0.2, 0.25) is 0 Å².